The van der Waals surface area contributed by atoms with Gasteiger partial charge >= 0.3 is 12.4 Å². The molecule has 0 saturated carbocycles. The van der Waals surface area contributed by atoms with Gasteiger partial charge in [0.15, 0.2) is 0 Å². The maximum atomic E-state index is 14.0. The van der Waals surface area contributed by atoms with Crippen LogP contribution in [0, 0.1) is 13.8 Å². The molecule has 0 aliphatic rings. The monoisotopic (exact) mass is 462 g/mol. The first-order valence-electron chi connectivity index (χ1n) is 9.86. The van der Waals surface area contributed by atoms with E-state index in [0.29, 0.717) is 22.9 Å². The van der Waals surface area contributed by atoms with Crippen LogP contribution in [0.5, 0.6) is 0 Å². The van der Waals surface area contributed by atoms with E-state index >= 15 is 0 Å². The predicted molar refractivity (Wildman–Crippen MR) is 114 cm³/mol. The lowest BCUT2D eigenvalue weighted by atomic mass is 9.82. The van der Waals surface area contributed by atoms with Crippen LogP contribution < -0.4 is 0 Å². The Labute approximate surface area is 184 Å². The summed E-state index contributed by atoms with van der Waals surface area (Å²) in [6, 6.07) is 5.73. The highest BCUT2D eigenvalue weighted by Crippen LogP contribution is 2.48. The molecule has 0 nitrogen and oxygen atoms in total. The zero-order valence-electron chi connectivity index (χ0n) is 19.0. The highest BCUT2D eigenvalue weighted by atomic mass is 32.2. The van der Waals surface area contributed by atoms with Crippen LogP contribution in [0.15, 0.2) is 34.1 Å². The summed E-state index contributed by atoms with van der Waals surface area (Å²) in [5, 5.41) is 0. The molecule has 0 N–H and O–H groups in total. The van der Waals surface area contributed by atoms with Gasteiger partial charge < -0.3 is 0 Å². The summed E-state index contributed by atoms with van der Waals surface area (Å²) in [6.07, 6.45) is -9.38. The Morgan fingerprint density at radius 2 is 0.839 bits per heavy atom. The lowest BCUT2D eigenvalue weighted by molar-refractivity contribution is -0.140. The minimum absolute atomic E-state index is 0.0431. The molecule has 0 fully saturated rings. The third-order valence-electron chi connectivity index (χ3n) is 5.26. The van der Waals surface area contributed by atoms with Gasteiger partial charge in [0.2, 0.25) is 0 Å². The number of rotatable bonds is 2. The largest absolute Gasteiger partial charge is 0.417 e. The van der Waals surface area contributed by atoms with Crippen LogP contribution in [-0.4, -0.2) is 0 Å². The zero-order chi connectivity index (χ0) is 24.2. The molecule has 0 saturated heterocycles. The summed E-state index contributed by atoms with van der Waals surface area (Å²) < 4.78 is 83.9. The number of benzene rings is 2. The molecule has 0 heterocycles. The molecule has 0 radical (unpaired) electrons. The molecule has 0 aliphatic heterocycles. The van der Waals surface area contributed by atoms with Crippen LogP contribution in [-0.2, 0) is 23.2 Å². The second-order valence-electron chi connectivity index (χ2n) is 9.82. The van der Waals surface area contributed by atoms with Gasteiger partial charge in [-0.25, -0.2) is 0 Å². The predicted octanol–water partition coefficient (Wildman–Crippen LogP) is 9.09. The molecular weight excluding hydrogens is 434 g/mol. The molecule has 0 bridgehead atoms. The minimum Gasteiger partial charge on any atom is -0.166 e. The van der Waals surface area contributed by atoms with Crippen molar-refractivity contribution < 1.29 is 26.3 Å². The van der Waals surface area contributed by atoms with Crippen molar-refractivity contribution in [3.8, 4) is 0 Å². The van der Waals surface area contributed by atoms with Crippen LogP contribution >= 0.6 is 11.8 Å². The first-order chi connectivity index (χ1) is 13.8. The fourth-order valence-corrected chi connectivity index (χ4v) is 5.24. The van der Waals surface area contributed by atoms with E-state index in [4.69, 9.17) is 0 Å². The van der Waals surface area contributed by atoms with Crippen LogP contribution in [0.1, 0.15) is 74.9 Å². The Balaban J connectivity index is 2.77. The Kier molecular flexibility index (Phi) is 6.66. The van der Waals surface area contributed by atoms with E-state index < -0.39 is 34.3 Å². The molecular formula is C24H28F6S. The maximum Gasteiger partial charge on any atom is 0.417 e. The second-order valence-corrected chi connectivity index (χ2v) is 10.9. The van der Waals surface area contributed by atoms with E-state index in [1.165, 1.54) is 26.0 Å². The van der Waals surface area contributed by atoms with Crippen molar-refractivity contribution in [1.29, 1.82) is 0 Å². The van der Waals surface area contributed by atoms with E-state index in [0.717, 1.165) is 0 Å². The van der Waals surface area contributed by atoms with Crippen molar-refractivity contribution in [2.24, 2.45) is 0 Å². The van der Waals surface area contributed by atoms with Gasteiger partial charge in [-0.05, 0) is 59.1 Å². The fourth-order valence-electron chi connectivity index (χ4n) is 3.99. The van der Waals surface area contributed by atoms with E-state index in [-0.39, 0.29) is 20.9 Å². The molecule has 0 unspecified atom stereocenters. The SMILES string of the molecule is Cc1c(C(C)(C)C)ccc(Sc2ccc(C(C)(C)C)c(C)c2C(F)(F)F)c1C(F)(F)F. The van der Waals surface area contributed by atoms with Gasteiger partial charge in [-0.3, -0.25) is 0 Å². The minimum atomic E-state index is -4.69. The van der Waals surface area contributed by atoms with E-state index in [2.05, 4.69) is 0 Å². The van der Waals surface area contributed by atoms with Crippen LogP contribution in [0.3, 0.4) is 0 Å². The van der Waals surface area contributed by atoms with Crippen molar-refractivity contribution in [2.75, 3.05) is 0 Å². The van der Waals surface area contributed by atoms with Gasteiger partial charge in [0.1, 0.15) is 0 Å². The highest BCUT2D eigenvalue weighted by Gasteiger charge is 2.40. The molecule has 0 aromatic heterocycles. The van der Waals surface area contributed by atoms with E-state index in [1.807, 2.05) is 0 Å². The average Bonchev–Trinajstić information content (AvgIpc) is 2.49. The molecule has 31 heavy (non-hydrogen) atoms. The van der Waals surface area contributed by atoms with Gasteiger partial charge in [0.05, 0.1) is 11.1 Å². The lowest BCUT2D eigenvalue weighted by Crippen LogP contribution is -2.19. The quantitative estimate of drug-likeness (QED) is 0.401. The molecule has 0 atom stereocenters. The van der Waals surface area contributed by atoms with Crippen molar-refractivity contribution in [3.05, 3.63) is 57.6 Å². The first kappa shape index (κ1) is 25.6. The normalized spacial score (nSPS) is 13.6. The third-order valence-corrected chi connectivity index (χ3v) is 6.38. The second kappa shape index (κ2) is 8.05. The molecule has 2 aromatic carbocycles. The third kappa shape index (κ3) is 5.41. The van der Waals surface area contributed by atoms with Gasteiger partial charge in [0.25, 0.3) is 0 Å². The van der Waals surface area contributed by atoms with E-state index in [9.17, 15) is 26.3 Å². The van der Waals surface area contributed by atoms with Gasteiger partial charge in [-0.1, -0.05) is 65.4 Å². The number of hydrogen-bond donors (Lipinski definition) is 0. The van der Waals surface area contributed by atoms with Gasteiger partial charge in [-0.15, -0.1) is 0 Å². The number of alkyl halides is 6. The topological polar surface area (TPSA) is 0 Å². The highest BCUT2D eigenvalue weighted by molar-refractivity contribution is 7.99. The molecule has 0 spiro atoms. The van der Waals surface area contributed by atoms with E-state index in [1.54, 1.807) is 53.7 Å². The molecule has 7 heteroatoms. The molecule has 0 amide bonds. The average molecular weight is 463 g/mol. The lowest BCUT2D eigenvalue weighted by Gasteiger charge is -2.27. The summed E-state index contributed by atoms with van der Waals surface area (Å²) >= 11 is 0.522. The Morgan fingerprint density at radius 3 is 1.06 bits per heavy atom. The molecule has 2 aromatic rings. The molecule has 172 valence electrons. The van der Waals surface area contributed by atoms with Crippen molar-refractivity contribution in [1.82, 2.24) is 0 Å². The van der Waals surface area contributed by atoms with Crippen LogP contribution in [0.25, 0.3) is 0 Å². The maximum absolute atomic E-state index is 14.0. The Morgan fingerprint density at radius 1 is 0.548 bits per heavy atom. The van der Waals surface area contributed by atoms with Crippen LogP contribution in [0.2, 0.25) is 0 Å². The first-order valence-corrected chi connectivity index (χ1v) is 10.7. The number of hydrogen-bond acceptors (Lipinski definition) is 1. The zero-order valence-corrected chi connectivity index (χ0v) is 19.8. The van der Waals surface area contributed by atoms with Crippen LogP contribution in [0.4, 0.5) is 26.3 Å². The Hall–Kier alpha value is -1.63. The number of halogens is 6. The Bertz CT molecular complexity index is 891. The summed E-state index contributed by atoms with van der Waals surface area (Å²) in [4.78, 5) is -0.460. The standard InChI is InChI=1S/C24H28F6S/c1-13-15(21(3,4)5)9-11-17(19(13)23(25,26)27)31-18-12-10-16(22(6,7)8)14(2)20(18)24(28,29)30/h9-12H,1-8H3. The van der Waals surface area contributed by atoms with Gasteiger partial charge in [-0.2, -0.15) is 26.3 Å². The van der Waals surface area contributed by atoms with Crippen molar-refractivity contribution in [3.63, 3.8) is 0 Å². The summed E-state index contributed by atoms with van der Waals surface area (Å²) in [5.41, 5.74) is -1.71. The van der Waals surface area contributed by atoms with Crippen molar-refractivity contribution in [2.45, 2.75) is 88.4 Å². The summed E-state index contributed by atoms with van der Waals surface area (Å²) in [6.45, 7) is 13.6. The molecule has 2 rings (SSSR count). The summed E-state index contributed by atoms with van der Waals surface area (Å²) in [7, 11) is 0. The molecule has 0 aliphatic carbocycles. The van der Waals surface area contributed by atoms with Crippen molar-refractivity contribution >= 4 is 11.8 Å². The summed E-state index contributed by atoms with van der Waals surface area (Å²) in [5.74, 6) is 0. The van der Waals surface area contributed by atoms with Gasteiger partial charge in [0, 0.05) is 9.79 Å². The fraction of sp³-hybridized carbons (Fsp3) is 0.500. The smallest absolute Gasteiger partial charge is 0.166 e.